The molecule has 0 saturated heterocycles. The summed E-state index contributed by atoms with van der Waals surface area (Å²) in [5, 5.41) is 10.7. The van der Waals surface area contributed by atoms with Crippen LogP contribution in [0.3, 0.4) is 0 Å². The third-order valence-corrected chi connectivity index (χ3v) is 3.27. The summed E-state index contributed by atoms with van der Waals surface area (Å²) in [6.07, 6.45) is 0. The van der Waals surface area contributed by atoms with Crippen LogP contribution < -0.4 is 0 Å². The Bertz CT molecular complexity index is 546. The predicted molar refractivity (Wildman–Crippen MR) is 68.6 cm³/mol. The number of carboxylic acid groups (broad SMARTS) is 1. The molecule has 0 bridgehead atoms. The van der Waals surface area contributed by atoms with Gasteiger partial charge < -0.3 is 5.11 Å². The predicted octanol–water partition coefficient (Wildman–Crippen LogP) is 3.63. The first kappa shape index (κ1) is 11.8. The highest BCUT2D eigenvalue weighted by atomic mass is 32.1. The summed E-state index contributed by atoms with van der Waals surface area (Å²) in [5.74, 6) is -0.582. The third-order valence-electron chi connectivity index (χ3n) is 2.64. The number of hydrogen-bond donors (Lipinski definition) is 1. The van der Waals surface area contributed by atoms with Crippen LogP contribution in [0.1, 0.15) is 35.7 Å². The molecule has 0 amide bonds. The molecule has 0 atom stereocenters. The Morgan fingerprint density at radius 3 is 2.71 bits per heavy atom. The molecule has 2 rings (SSSR count). The average Bonchev–Trinajstić information content (AvgIpc) is 2.77. The lowest BCUT2D eigenvalue weighted by atomic mass is 9.94. The zero-order valence-electron chi connectivity index (χ0n) is 9.68. The van der Waals surface area contributed by atoms with Gasteiger partial charge >= 0.3 is 5.97 Å². The summed E-state index contributed by atoms with van der Waals surface area (Å²) in [5.41, 5.74) is 2.90. The van der Waals surface area contributed by atoms with Gasteiger partial charge in [0.25, 0.3) is 0 Å². The fourth-order valence-corrected chi connectivity index (χ4v) is 2.47. The lowest BCUT2D eigenvalue weighted by Gasteiger charge is -2.11. The van der Waals surface area contributed by atoms with E-state index in [1.165, 1.54) is 11.5 Å². The van der Waals surface area contributed by atoms with Crippen LogP contribution in [-0.2, 0) is 0 Å². The molecule has 1 N–H and O–H groups in total. The van der Waals surface area contributed by atoms with E-state index in [0.717, 1.165) is 11.1 Å². The van der Waals surface area contributed by atoms with Crippen molar-refractivity contribution in [1.29, 1.82) is 0 Å². The van der Waals surface area contributed by atoms with Crippen molar-refractivity contribution in [2.45, 2.75) is 19.8 Å². The lowest BCUT2D eigenvalue weighted by Crippen LogP contribution is -1.99. The molecule has 3 nitrogen and oxygen atoms in total. The van der Waals surface area contributed by atoms with Gasteiger partial charge in [-0.1, -0.05) is 38.1 Å². The minimum atomic E-state index is -0.924. The highest BCUT2D eigenvalue weighted by Gasteiger charge is 2.17. The third kappa shape index (κ3) is 2.22. The molecule has 1 aromatic heterocycles. The number of hydrogen-bond acceptors (Lipinski definition) is 3. The van der Waals surface area contributed by atoms with Crippen LogP contribution in [0.15, 0.2) is 29.6 Å². The maximum atomic E-state index is 11.1. The second-order valence-electron chi connectivity index (χ2n) is 4.12. The first-order valence-electron chi connectivity index (χ1n) is 5.38. The van der Waals surface area contributed by atoms with E-state index in [1.54, 1.807) is 5.38 Å². The molecule has 0 aliphatic carbocycles. The van der Waals surface area contributed by atoms with Gasteiger partial charge in [0.2, 0.25) is 0 Å². The number of aromatic nitrogens is 1. The number of carboxylic acids is 1. The zero-order chi connectivity index (χ0) is 12.4. The Morgan fingerprint density at radius 1 is 1.35 bits per heavy atom. The van der Waals surface area contributed by atoms with Crippen LogP contribution in [0.4, 0.5) is 0 Å². The fourth-order valence-electron chi connectivity index (χ4n) is 1.80. The molecule has 0 radical (unpaired) electrons. The summed E-state index contributed by atoms with van der Waals surface area (Å²) < 4.78 is 4.21. The van der Waals surface area contributed by atoms with Gasteiger partial charge in [-0.15, -0.1) is 0 Å². The molecule has 0 fully saturated rings. The summed E-state index contributed by atoms with van der Waals surface area (Å²) >= 11 is 1.18. The molecular weight excluding hydrogens is 234 g/mol. The number of carbonyl (C=O) groups is 1. The van der Waals surface area contributed by atoms with Gasteiger partial charge in [0.05, 0.1) is 11.3 Å². The van der Waals surface area contributed by atoms with Gasteiger partial charge in [-0.2, -0.15) is 4.37 Å². The molecule has 1 heterocycles. The van der Waals surface area contributed by atoms with Crippen molar-refractivity contribution in [3.8, 4) is 11.3 Å². The fraction of sp³-hybridized carbons (Fsp3) is 0.231. The van der Waals surface area contributed by atoms with E-state index in [1.807, 2.05) is 24.3 Å². The summed E-state index contributed by atoms with van der Waals surface area (Å²) in [4.78, 5) is 11.1. The monoisotopic (exact) mass is 247 g/mol. The molecule has 0 spiro atoms. The largest absolute Gasteiger partial charge is 0.478 e. The molecule has 4 heteroatoms. The summed E-state index contributed by atoms with van der Waals surface area (Å²) in [6, 6.07) is 7.82. The van der Waals surface area contributed by atoms with Crippen molar-refractivity contribution in [3.63, 3.8) is 0 Å². The molecule has 2 aromatic rings. The average molecular weight is 247 g/mol. The van der Waals surface area contributed by atoms with Gasteiger partial charge in [0.15, 0.2) is 0 Å². The van der Waals surface area contributed by atoms with Crippen LogP contribution in [0.25, 0.3) is 11.3 Å². The minimum Gasteiger partial charge on any atom is -0.478 e. The molecule has 0 saturated carbocycles. The van der Waals surface area contributed by atoms with Gasteiger partial charge in [0.1, 0.15) is 0 Å². The van der Waals surface area contributed by atoms with Gasteiger partial charge in [-0.05, 0) is 23.0 Å². The first-order valence-corrected chi connectivity index (χ1v) is 6.22. The van der Waals surface area contributed by atoms with Gasteiger partial charge in [-0.3, -0.25) is 0 Å². The van der Waals surface area contributed by atoms with E-state index < -0.39 is 5.97 Å². The summed E-state index contributed by atoms with van der Waals surface area (Å²) in [7, 11) is 0. The normalized spacial score (nSPS) is 10.8. The number of benzene rings is 1. The van der Waals surface area contributed by atoms with Crippen molar-refractivity contribution >= 4 is 17.5 Å². The van der Waals surface area contributed by atoms with Crippen molar-refractivity contribution in [3.05, 3.63) is 40.8 Å². The van der Waals surface area contributed by atoms with E-state index in [0.29, 0.717) is 11.6 Å². The summed E-state index contributed by atoms with van der Waals surface area (Å²) in [6.45, 7) is 4.18. The topological polar surface area (TPSA) is 50.2 Å². The van der Waals surface area contributed by atoms with Crippen LogP contribution in [0, 0.1) is 0 Å². The molecule has 1 aromatic carbocycles. The smallest absolute Gasteiger partial charge is 0.338 e. The van der Waals surface area contributed by atoms with E-state index in [2.05, 4.69) is 18.2 Å². The molecule has 0 aliphatic heterocycles. The Balaban J connectivity index is 2.60. The Labute approximate surface area is 104 Å². The van der Waals surface area contributed by atoms with Crippen LogP contribution in [0.5, 0.6) is 0 Å². The van der Waals surface area contributed by atoms with Crippen molar-refractivity contribution in [1.82, 2.24) is 4.37 Å². The van der Waals surface area contributed by atoms with Crippen molar-refractivity contribution in [2.24, 2.45) is 0 Å². The first-order chi connectivity index (χ1) is 8.11. The Kier molecular flexibility index (Phi) is 3.24. The quantitative estimate of drug-likeness (QED) is 0.901. The molecule has 88 valence electrons. The maximum absolute atomic E-state index is 11.1. The van der Waals surface area contributed by atoms with E-state index in [-0.39, 0.29) is 5.56 Å². The van der Waals surface area contributed by atoms with E-state index >= 15 is 0 Å². The maximum Gasteiger partial charge on any atom is 0.338 e. The molecule has 17 heavy (non-hydrogen) atoms. The van der Waals surface area contributed by atoms with E-state index in [9.17, 15) is 4.79 Å². The second-order valence-corrected chi connectivity index (χ2v) is 4.75. The zero-order valence-corrected chi connectivity index (χ0v) is 10.5. The van der Waals surface area contributed by atoms with Gasteiger partial charge in [0, 0.05) is 10.9 Å². The lowest BCUT2D eigenvalue weighted by molar-refractivity contribution is 0.0698. The number of rotatable bonds is 3. The van der Waals surface area contributed by atoms with E-state index in [4.69, 9.17) is 5.11 Å². The van der Waals surface area contributed by atoms with Crippen LogP contribution in [0.2, 0.25) is 0 Å². The number of aromatic carboxylic acids is 1. The van der Waals surface area contributed by atoms with Gasteiger partial charge in [-0.25, -0.2) is 4.79 Å². The molecular formula is C13H13NO2S. The van der Waals surface area contributed by atoms with Crippen LogP contribution in [-0.4, -0.2) is 15.4 Å². The Hall–Kier alpha value is -1.68. The SMILES string of the molecule is CC(C)c1ccccc1-c1nscc1C(=O)O. The highest BCUT2D eigenvalue weighted by Crippen LogP contribution is 2.31. The standard InChI is InChI=1S/C13H13NO2S/c1-8(2)9-5-3-4-6-10(9)12-11(13(15)16)7-17-14-12/h3-8H,1-2H3,(H,15,16). The molecule has 0 aliphatic rings. The van der Waals surface area contributed by atoms with Crippen molar-refractivity contribution in [2.75, 3.05) is 0 Å². The Morgan fingerprint density at radius 2 is 2.06 bits per heavy atom. The van der Waals surface area contributed by atoms with Crippen LogP contribution >= 0.6 is 11.5 Å². The molecule has 0 unspecified atom stereocenters. The minimum absolute atomic E-state index is 0.281. The second kappa shape index (κ2) is 4.67. The highest BCUT2D eigenvalue weighted by molar-refractivity contribution is 7.04. The van der Waals surface area contributed by atoms with Crippen molar-refractivity contribution < 1.29 is 9.90 Å². The number of nitrogens with zero attached hydrogens (tertiary/aromatic N) is 1.